The summed E-state index contributed by atoms with van der Waals surface area (Å²) >= 11 is 6.45. The van der Waals surface area contributed by atoms with E-state index in [-0.39, 0.29) is 0 Å². The van der Waals surface area contributed by atoms with Crippen LogP contribution in [0.25, 0.3) is 10.1 Å². The van der Waals surface area contributed by atoms with Gasteiger partial charge in [-0.2, -0.15) is 0 Å². The third kappa shape index (κ3) is 2.05. The van der Waals surface area contributed by atoms with E-state index in [0.717, 1.165) is 0 Å². The van der Waals surface area contributed by atoms with Crippen LogP contribution in [0.1, 0.15) is 4.88 Å². The molecule has 0 aliphatic heterocycles. The van der Waals surface area contributed by atoms with Gasteiger partial charge in [-0.1, -0.05) is 30.4 Å². The van der Waals surface area contributed by atoms with Crippen molar-refractivity contribution in [1.82, 2.24) is 0 Å². The Kier molecular flexibility index (Phi) is 3.01. The van der Waals surface area contributed by atoms with Crippen LogP contribution in [0.2, 0.25) is 0 Å². The van der Waals surface area contributed by atoms with E-state index in [1.165, 1.54) is 15.0 Å². The predicted molar refractivity (Wildman–Crippen MR) is 67.9 cm³/mol. The maximum atomic E-state index is 4.70. The Morgan fingerprint density at radius 1 is 1.36 bits per heavy atom. The van der Waals surface area contributed by atoms with E-state index in [1.807, 2.05) is 12.3 Å². The molecule has 0 atom stereocenters. The summed E-state index contributed by atoms with van der Waals surface area (Å²) in [5.41, 5.74) is 0. The number of thiophene rings is 1. The van der Waals surface area contributed by atoms with E-state index < -0.39 is 0 Å². The van der Waals surface area contributed by atoms with E-state index >= 15 is 0 Å². The summed E-state index contributed by atoms with van der Waals surface area (Å²) in [5, 5.41) is 2.91. The number of hydrogen-bond acceptors (Lipinski definition) is 3. The number of rotatable bonds is 3. The minimum atomic E-state index is 0.615. The van der Waals surface area contributed by atoms with E-state index in [2.05, 4.69) is 29.3 Å². The Morgan fingerprint density at radius 3 is 3.00 bits per heavy atom. The minimum Gasteiger partial charge on any atom is -0.287 e. The van der Waals surface area contributed by atoms with Crippen molar-refractivity contribution in [2.75, 3.05) is 6.54 Å². The van der Waals surface area contributed by atoms with Gasteiger partial charge in [0.1, 0.15) is 0 Å². The van der Waals surface area contributed by atoms with Crippen LogP contribution < -0.4 is 0 Å². The fourth-order valence-corrected chi connectivity index (χ4v) is 2.30. The van der Waals surface area contributed by atoms with E-state index in [4.69, 9.17) is 12.2 Å². The van der Waals surface area contributed by atoms with Crippen molar-refractivity contribution in [3.8, 4) is 0 Å². The Hall–Kier alpha value is -1.06. The number of fused-ring (bicyclic) bond motifs is 1. The van der Waals surface area contributed by atoms with Crippen LogP contribution >= 0.6 is 23.6 Å². The smallest absolute Gasteiger partial charge is 0.0673 e. The lowest BCUT2D eigenvalue weighted by Gasteiger charge is -1.82. The number of hydrogen-bond donors (Lipinski definition) is 0. The van der Waals surface area contributed by atoms with Crippen molar-refractivity contribution in [2.45, 2.75) is 0 Å². The Labute approximate surface area is 92.1 Å². The Morgan fingerprint density at radius 2 is 2.21 bits per heavy atom. The predicted octanol–water partition coefficient (Wildman–Crippen LogP) is 3.32. The third-order valence-electron chi connectivity index (χ3n) is 1.84. The lowest BCUT2D eigenvalue weighted by molar-refractivity contribution is 1.36. The van der Waals surface area contributed by atoms with Crippen molar-refractivity contribution in [3.63, 3.8) is 0 Å². The van der Waals surface area contributed by atoms with Gasteiger partial charge in [0.15, 0.2) is 0 Å². The second-order valence-corrected chi connectivity index (χ2v) is 4.30. The molecule has 1 aromatic carbocycles. The molecular formula is C11H9NS2. The number of nitrogens with zero attached hydrogens (tertiary/aromatic N) is 1. The van der Waals surface area contributed by atoms with Gasteiger partial charge in [-0.25, -0.2) is 0 Å². The highest BCUT2D eigenvalue weighted by Crippen LogP contribution is 2.23. The first-order valence-electron chi connectivity index (χ1n) is 4.32. The summed E-state index contributed by atoms with van der Waals surface area (Å²) < 4.78 is 1.30. The van der Waals surface area contributed by atoms with Crippen molar-refractivity contribution >= 4 is 45.2 Å². The molecule has 0 saturated heterocycles. The normalized spacial score (nSPS) is 11.1. The molecule has 14 heavy (non-hydrogen) atoms. The van der Waals surface area contributed by atoms with Gasteiger partial charge in [0.2, 0.25) is 0 Å². The molecule has 0 spiro atoms. The van der Waals surface area contributed by atoms with Crippen LogP contribution in [0.3, 0.4) is 0 Å². The van der Waals surface area contributed by atoms with E-state index in [9.17, 15) is 0 Å². The SMILES string of the molecule is S=CCN=Cc1cc2ccccc2s1. The largest absolute Gasteiger partial charge is 0.287 e. The molecule has 1 aromatic heterocycles. The minimum absolute atomic E-state index is 0.615. The molecule has 0 amide bonds. The zero-order valence-corrected chi connectivity index (χ0v) is 9.15. The summed E-state index contributed by atoms with van der Waals surface area (Å²) in [6.45, 7) is 0.615. The van der Waals surface area contributed by atoms with E-state index in [1.54, 1.807) is 16.7 Å². The van der Waals surface area contributed by atoms with Gasteiger partial charge >= 0.3 is 0 Å². The van der Waals surface area contributed by atoms with Crippen molar-refractivity contribution in [1.29, 1.82) is 0 Å². The molecule has 0 aliphatic carbocycles. The summed E-state index contributed by atoms with van der Waals surface area (Å²) in [6, 6.07) is 10.5. The number of benzene rings is 1. The van der Waals surface area contributed by atoms with Gasteiger partial charge in [0.05, 0.1) is 6.54 Å². The summed E-state index contributed by atoms with van der Waals surface area (Å²) in [5.74, 6) is 0. The summed E-state index contributed by atoms with van der Waals surface area (Å²) in [6.07, 6.45) is 1.88. The molecular weight excluding hydrogens is 210 g/mol. The average molecular weight is 219 g/mol. The molecule has 70 valence electrons. The van der Waals surface area contributed by atoms with Crippen LogP contribution in [-0.4, -0.2) is 18.1 Å². The molecule has 0 saturated carbocycles. The first-order valence-corrected chi connectivity index (χ1v) is 5.61. The summed E-state index contributed by atoms with van der Waals surface area (Å²) in [7, 11) is 0. The molecule has 1 heterocycles. The van der Waals surface area contributed by atoms with Crippen LogP contribution in [0, 0.1) is 0 Å². The van der Waals surface area contributed by atoms with Crippen LogP contribution in [0.5, 0.6) is 0 Å². The maximum Gasteiger partial charge on any atom is 0.0673 e. The molecule has 0 unspecified atom stereocenters. The zero-order chi connectivity index (χ0) is 9.80. The fraction of sp³-hybridized carbons (Fsp3) is 0.0909. The maximum absolute atomic E-state index is 4.70. The van der Waals surface area contributed by atoms with Gasteiger partial charge in [0, 0.05) is 21.2 Å². The highest BCUT2D eigenvalue weighted by molar-refractivity contribution is 7.79. The lowest BCUT2D eigenvalue weighted by atomic mass is 10.2. The third-order valence-corrected chi connectivity index (χ3v) is 3.04. The molecule has 3 heteroatoms. The number of thiocarbonyl (C=S) groups is 1. The Bertz CT molecular complexity index is 438. The van der Waals surface area contributed by atoms with Crippen molar-refractivity contribution < 1.29 is 0 Å². The van der Waals surface area contributed by atoms with Crippen molar-refractivity contribution in [3.05, 3.63) is 35.2 Å². The van der Waals surface area contributed by atoms with Gasteiger partial charge in [-0.15, -0.1) is 11.3 Å². The molecule has 1 nitrogen and oxygen atoms in total. The van der Waals surface area contributed by atoms with Gasteiger partial charge in [0.25, 0.3) is 0 Å². The monoisotopic (exact) mass is 219 g/mol. The topological polar surface area (TPSA) is 12.4 Å². The van der Waals surface area contributed by atoms with Crippen LogP contribution in [0.15, 0.2) is 35.3 Å². The van der Waals surface area contributed by atoms with Gasteiger partial charge in [-0.05, 0) is 17.5 Å². The lowest BCUT2D eigenvalue weighted by Crippen LogP contribution is -1.78. The van der Waals surface area contributed by atoms with Crippen LogP contribution in [-0.2, 0) is 0 Å². The molecule has 0 bridgehead atoms. The Balaban J connectivity index is 2.31. The quantitative estimate of drug-likeness (QED) is 0.570. The van der Waals surface area contributed by atoms with Crippen LogP contribution in [0.4, 0.5) is 0 Å². The fourth-order valence-electron chi connectivity index (χ4n) is 1.25. The molecule has 2 rings (SSSR count). The second-order valence-electron chi connectivity index (χ2n) is 2.85. The zero-order valence-electron chi connectivity index (χ0n) is 7.51. The van der Waals surface area contributed by atoms with E-state index in [0.29, 0.717) is 6.54 Å². The first-order chi connectivity index (χ1) is 6.90. The molecule has 0 radical (unpaired) electrons. The molecule has 0 N–H and O–H groups in total. The average Bonchev–Trinajstić information content (AvgIpc) is 2.60. The van der Waals surface area contributed by atoms with Gasteiger partial charge < -0.3 is 0 Å². The highest BCUT2D eigenvalue weighted by Gasteiger charge is 1.96. The summed E-state index contributed by atoms with van der Waals surface area (Å²) in [4.78, 5) is 5.36. The first kappa shape index (κ1) is 9.49. The molecule has 0 fully saturated rings. The van der Waals surface area contributed by atoms with Crippen molar-refractivity contribution in [2.24, 2.45) is 4.99 Å². The molecule has 2 aromatic rings. The highest BCUT2D eigenvalue weighted by atomic mass is 32.1. The standard InChI is InChI=1S/C11H9NS2/c13-6-5-12-8-10-7-9-3-1-2-4-11(9)14-10/h1-4,6-8H,5H2. The molecule has 0 aliphatic rings. The number of aliphatic imine (C=N–C) groups is 1. The van der Waals surface area contributed by atoms with Gasteiger partial charge in [-0.3, -0.25) is 4.99 Å². The second kappa shape index (κ2) is 4.44.